The molecule has 0 spiro atoms. The molecule has 3 nitrogen and oxygen atoms in total. The number of nitrogens with zero attached hydrogens (tertiary/aromatic N) is 1. The van der Waals surface area contributed by atoms with Crippen molar-refractivity contribution in [3.63, 3.8) is 0 Å². The van der Waals surface area contributed by atoms with E-state index in [-0.39, 0.29) is 18.6 Å². The highest BCUT2D eigenvalue weighted by Crippen LogP contribution is 2.25. The molecule has 0 aromatic heterocycles. The molecule has 0 fully saturated rings. The summed E-state index contributed by atoms with van der Waals surface area (Å²) in [6.07, 6.45) is -0.250. The SMILES string of the molecule is C=C(C)CN(CC)C(=O)COC(c1ccccc1)c1ccccc1. The maximum Gasteiger partial charge on any atom is 0.248 e. The van der Waals surface area contributed by atoms with E-state index in [4.69, 9.17) is 4.74 Å². The lowest BCUT2D eigenvalue weighted by Gasteiger charge is -2.24. The van der Waals surface area contributed by atoms with Crippen molar-refractivity contribution in [2.45, 2.75) is 20.0 Å². The van der Waals surface area contributed by atoms with Crippen LogP contribution >= 0.6 is 0 Å². The molecule has 1 amide bonds. The summed E-state index contributed by atoms with van der Waals surface area (Å²) in [6, 6.07) is 20.0. The largest absolute Gasteiger partial charge is 0.359 e. The quantitative estimate of drug-likeness (QED) is 0.681. The van der Waals surface area contributed by atoms with Crippen LogP contribution in [0, 0.1) is 0 Å². The van der Waals surface area contributed by atoms with E-state index >= 15 is 0 Å². The van der Waals surface area contributed by atoms with Gasteiger partial charge < -0.3 is 9.64 Å². The van der Waals surface area contributed by atoms with Crippen molar-refractivity contribution in [3.05, 3.63) is 83.9 Å². The van der Waals surface area contributed by atoms with Gasteiger partial charge in [-0.25, -0.2) is 0 Å². The lowest BCUT2D eigenvalue weighted by atomic mass is 10.0. The average molecular weight is 323 g/mol. The summed E-state index contributed by atoms with van der Waals surface area (Å²) in [6.45, 7) is 9.04. The lowest BCUT2D eigenvalue weighted by molar-refractivity contribution is -0.136. The van der Waals surface area contributed by atoms with Crippen molar-refractivity contribution >= 4 is 5.91 Å². The maximum atomic E-state index is 12.4. The van der Waals surface area contributed by atoms with Gasteiger partial charge in [0.2, 0.25) is 5.91 Å². The molecule has 2 rings (SSSR count). The second kappa shape index (κ2) is 9.04. The van der Waals surface area contributed by atoms with Crippen molar-refractivity contribution < 1.29 is 9.53 Å². The summed E-state index contributed by atoms with van der Waals surface area (Å²) >= 11 is 0. The number of benzene rings is 2. The Hall–Kier alpha value is -2.39. The van der Waals surface area contributed by atoms with Crippen molar-refractivity contribution in [3.8, 4) is 0 Å². The predicted octanol–water partition coefficient (Wildman–Crippen LogP) is 4.22. The average Bonchev–Trinajstić information content (AvgIpc) is 2.61. The van der Waals surface area contributed by atoms with Crippen LogP contribution in [0.4, 0.5) is 0 Å². The Bertz CT molecular complexity index is 613. The monoisotopic (exact) mass is 323 g/mol. The number of likely N-dealkylation sites (N-methyl/N-ethyl adjacent to an activating group) is 1. The van der Waals surface area contributed by atoms with E-state index in [1.54, 1.807) is 4.90 Å². The third-order valence-corrected chi connectivity index (χ3v) is 3.77. The molecule has 0 radical (unpaired) electrons. The zero-order valence-electron chi connectivity index (χ0n) is 14.4. The molecule has 2 aromatic rings. The van der Waals surface area contributed by atoms with E-state index in [9.17, 15) is 4.79 Å². The Morgan fingerprint density at radius 3 is 1.96 bits per heavy atom. The summed E-state index contributed by atoms with van der Waals surface area (Å²) in [4.78, 5) is 14.2. The molecule has 0 aliphatic carbocycles. The predicted molar refractivity (Wildman–Crippen MR) is 97.7 cm³/mol. The van der Waals surface area contributed by atoms with Crippen molar-refractivity contribution in [1.29, 1.82) is 0 Å². The summed E-state index contributed by atoms with van der Waals surface area (Å²) in [5.41, 5.74) is 3.05. The third-order valence-electron chi connectivity index (χ3n) is 3.77. The second-order valence-corrected chi connectivity index (χ2v) is 5.88. The van der Waals surface area contributed by atoms with Crippen LogP contribution < -0.4 is 0 Å². The molecule has 0 N–H and O–H groups in total. The minimum atomic E-state index is -0.250. The Morgan fingerprint density at radius 2 is 1.54 bits per heavy atom. The van der Waals surface area contributed by atoms with Crippen LogP contribution in [0.1, 0.15) is 31.1 Å². The molecule has 24 heavy (non-hydrogen) atoms. The van der Waals surface area contributed by atoms with Crippen LogP contribution in [-0.4, -0.2) is 30.5 Å². The number of carbonyl (C=O) groups excluding carboxylic acids is 1. The van der Waals surface area contributed by atoms with Gasteiger partial charge in [-0.1, -0.05) is 72.8 Å². The zero-order valence-corrected chi connectivity index (χ0v) is 14.4. The topological polar surface area (TPSA) is 29.5 Å². The van der Waals surface area contributed by atoms with Gasteiger partial charge in [-0.15, -0.1) is 0 Å². The van der Waals surface area contributed by atoms with Gasteiger partial charge in [-0.05, 0) is 25.0 Å². The van der Waals surface area contributed by atoms with E-state index in [0.717, 1.165) is 16.7 Å². The van der Waals surface area contributed by atoms with E-state index in [1.807, 2.05) is 74.5 Å². The molecule has 3 heteroatoms. The molecular formula is C21H25NO2. The molecule has 2 aromatic carbocycles. The highest BCUT2D eigenvalue weighted by Gasteiger charge is 2.18. The second-order valence-electron chi connectivity index (χ2n) is 5.88. The Labute approximate surface area is 144 Å². The Morgan fingerprint density at radius 1 is 1.04 bits per heavy atom. The van der Waals surface area contributed by atoms with Gasteiger partial charge in [0.25, 0.3) is 0 Å². The van der Waals surface area contributed by atoms with Crippen LogP contribution in [0.3, 0.4) is 0 Å². The summed E-state index contributed by atoms with van der Waals surface area (Å²) < 4.78 is 6.02. The number of rotatable bonds is 8. The molecule has 0 bridgehead atoms. The zero-order chi connectivity index (χ0) is 17.4. The summed E-state index contributed by atoms with van der Waals surface area (Å²) in [5, 5.41) is 0. The Kier molecular flexibility index (Phi) is 6.76. The number of hydrogen-bond donors (Lipinski definition) is 0. The molecule has 0 unspecified atom stereocenters. The van der Waals surface area contributed by atoms with Crippen molar-refractivity contribution in [2.75, 3.05) is 19.7 Å². The van der Waals surface area contributed by atoms with Gasteiger partial charge in [0.15, 0.2) is 0 Å². The first-order chi connectivity index (χ1) is 11.6. The maximum absolute atomic E-state index is 12.4. The third kappa shape index (κ3) is 5.07. The molecule has 0 heterocycles. The molecule has 126 valence electrons. The minimum absolute atomic E-state index is 0.0163. The fourth-order valence-corrected chi connectivity index (χ4v) is 2.59. The molecular weight excluding hydrogens is 298 g/mol. The van der Waals surface area contributed by atoms with Crippen LogP contribution in [0.5, 0.6) is 0 Å². The van der Waals surface area contributed by atoms with Gasteiger partial charge >= 0.3 is 0 Å². The first-order valence-electron chi connectivity index (χ1n) is 8.25. The fraction of sp³-hybridized carbons (Fsp3) is 0.286. The van der Waals surface area contributed by atoms with Crippen LogP contribution in [0.15, 0.2) is 72.8 Å². The van der Waals surface area contributed by atoms with Crippen LogP contribution in [-0.2, 0) is 9.53 Å². The smallest absolute Gasteiger partial charge is 0.248 e. The highest BCUT2D eigenvalue weighted by atomic mass is 16.5. The van der Waals surface area contributed by atoms with E-state index < -0.39 is 0 Å². The first-order valence-corrected chi connectivity index (χ1v) is 8.25. The number of amides is 1. The number of carbonyl (C=O) groups is 1. The van der Waals surface area contributed by atoms with Crippen LogP contribution in [0.25, 0.3) is 0 Å². The van der Waals surface area contributed by atoms with E-state index in [1.165, 1.54) is 0 Å². The van der Waals surface area contributed by atoms with Gasteiger partial charge in [0.05, 0.1) is 0 Å². The van der Waals surface area contributed by atoms with Gasteiger partial charge in [-0.2, -0.15) is 0 Å². The highest BCUT2D eigenvalue weighted by molar-refractivity contribution is 5.77. The van der Waals surface area contributed by atoms with Crippen LogP contribution in [0.2, 0.25) is 0 Å². The summed E-state index contributed by atoms with van der Waals surface area (Å²) in [7, 11) is 0. The fourth-order valence-electron chi connectivity index (χ4n) is 2.59. The van der Waals surface area contributed by atoms with E-state index in [2.05, 4.69) is 6.58 Å². The molecule has 0 atom stereocenters. The minimum Gasteiger partial charge on any atom is -0.359 e. The molecule has 0 saturated carbocycles. The molecule has 0 saturated heterocycles. The molecule has 0 aliphatic heterocycles. The first kappa shape index (κ1) is 18.0. The number of hydrogen-bond acceptors (Lipinski definition) is 2. The van der Waals surface area contributed by atoms with Crippen molar-refractivity contribution in [1.82, 2.24) is 4.90 Å². The van der Waals surface area contributed by atoms with Gasteiger partial charge in [0.1, 0.15) is 12.7 Å². The van der Waals surface area contributed by atoms with Gasteiger partial charge in [-0.3, -0.25) is 4.79 Å². The number of ether oxygens (including phenoxy) is 1. The normalized spacial score (nSPS) is 10.6. The van der Waals surface area contributed by atoms with E-state index in [0.29, 0.717) is 13.1 Å². The standard InChI is InChI=1S/C21H25NO2/c1-4-22(15-17(2)3)20(23)16-24-21(18-11-7-5-8-12-18)19-13-9-6-10-14-19/h5-14,21H,2,4,15-16H2,1,3H3. The Balaban J connectivity index is 2.12. The lowest BCUT2D eigenvalue weighted by Crippen LogP contribution is -2.35. The summed E-state index contributed by atoms with van der Waals surface area (Å²) in [5.74, 6) is -0.0163. The molecule has 0 aliphatic rings. The van der Waals surface area contributed by atoms with Gasteiger partial charge in [0, 0.05) is 13.1 Å². The van der Waals surface area contributed by atoms with Crippen molar-refractivity contribution in [2.24, 2.45) is 0 Å².